The van der Waals surface area contributed by atoms with Crippen LogP contribution >= 0.6 is 0 Å². The molecular weight excluding hydrogens is 369 g/mol. The molecule has 6 heterocycles. The van der Waals surface area contributed by atoms with Gasteiger partial charge in [-0.1, -0.05) is 6.07 Å². The maximum atomic E-state index is 12.7. The number of rotatable bonds is 3. The van der Waals surface area contributed by atoms with Crippen LogP contribution < -0.4 is 4.90 Å². The SMILES string of the molecule is Cc1cc(N2C3CC2CN(Cc2ccc(C(F)(F)F)nc2)C3)n2nccc2n1. The lowest BCUT2D eigenvalue weighted by molar-refractivity contribution is -0.141. The van der Waals surface area contributed by atoms with Gasteiger partial charge in [-0.05, 0) is 25.0 Å². The Morgan fingerprint density at radius 2 is 1.93 bits per heavy atom. The predicted molar refractivity (Wildman–Crippen MR) is 96.9 cm³/mol. The number of piperidine rings is 1. The highest BCUT2D eigenvalue weighted by Gasteiger charge is 2.45. The van der Waals surface area contributed by atoms with Crippen LogP contribution in [0.2, 0.25) is 0 Å². The molecule has 6 nitrogen and oxygen atoms in total. The molecule has 3 aliphatic heterocycles. The van der Waals surface area contributed by atoms with E-state index in [1.165, 1.54) is 12.3 Å². The number of hydrogen-bond acceptors (Lipinski definition) is 5. The lowest BCUT2D eigenvalue weighted by Crippen LogP contribution is -2.69. The molecule has 0 aromatic carbocycles. The van der Waals surface area contributed by atoms with E-state index in [1.54, 1.807) is 6.20 Å². The lowest BCUT2D eigenvalue weighted by atomic mass is 9.87. The smallest absolute Gasteiger partial charge is 0.348 e. The van der Waals surface area contributed by atoms with Crippen LogP contribution in [0.5, 0.6) is 0 Å². The summed E-state index contributed by atoms with van der Waals surface area (Å²) in [4.78, 5) is 12.8. The number of nitrogens with zero attached hydrogens (tertiary/aromatic N) is 6. The number of halogens is 3. The average Bonchev–Trinajstić information content (AvgIpc) is 3.10. The third-order valence-electron chi connectivity index (χ3n) is 5.52. The Balaban J connectivity index is 1.30. The molecule has 3 aromatic rings. The Labute approximate surface area is 159 Å². The van der Waals surface area contributed by atoms with Gasteiger partial charge in [-0.2, -0.15) is 22.8 Å². The summed E-state index contributed by atoms with van der Waals surface area (Å²) in [6.45, 7) is 4.32. The second-order valence-corrected chi connectivity index (χ2v) is 7.55. The van der Waals surface area contributed by atoms with Crippen LogP contribution in [0.3, 0.4) is 0 Å². The van der Waals surface area contributed by atoms with Crippen LogP contribution in [0.25, 0.3) is 5.65 Å². The predicted octanol–water partition coefficient (Wildman–Crippen LogP) is 2.91. The fraction of sp³-hybridized carbons (Fsp3) is 0.421. The van der Waals surface area contributed by atoms with Gasteiger partial charge in [-0.25, -0.2) is 4.98 Å². The molecule has 2 unspecified atom stereocenters. The number of aryl methyl sites for hydroxylation is 1. The molecule has 0 spiro atoms. The molecule has 0 N–H and O–H groups in total. The molecule has 9 heteroatoms. The first-order valence-corrected chi connectivity index (χ1v) is 9.23. The monoisotopic (exact) mass is 388 g/mol. The van der Waals surface area contributed by atoms with E-state index in [2.05, 4.69) is 30.9 Å². The Hall–Kier alpha value is -2.68. The highest BCUT2D eigenvalue weighted by atomic mass is 19.4. The summed E-state index contributed by atoms with van der Waals surface area (Å²) in [7, 11) is 0. The van der Waals surface area contributed by atoms with Crippen molar-refractivity contribution < 1.29 is 13.2 Å². The topological polar surface area (TPSA) is 49.6 Å². The van der Waals surface area contributed by atoms with Gasteiger partial charge in [-0.15, -0.1) is 0 Å². The molecule has 2 atom stereocenters. The molecular formula is C19H19F3N6. The highest BCUT2D eigenvalue weighted by molar-refractivity contribution is 5.54. The summed E-state index contributed by atoms with van der Waals surface area (Å²) in [6.07, 6.45) is -0.191. The molecule has 0 radical (unpaired) electrons. The van der Waals surface area contributed by atoms with Crippen LogP contribution in [-0.2, 0) is 12.7 Å². The summed E-state index contributed by atoms with van der Waals surface area (Å²) in [6, 6.07) is 7.28. The van der Waals surface area contributed by atoms with Gasteiger partial charge in [0.15, 0.2) is 5.65 Å². The van der Waals surface area contributed by atoms with E-state index >= 15 is 0 Å². The van der Waals surface area contributed by atoms with Crippen molar-refractivity contribution in [3.63, 3.8) is 0 Å². The molecule has 3 aliphatic rings. The van der Waals surface area contributed by atoms with E-state index in [-0.39, 0.29) is 0 Å². The van der Waals surface area contributed by atoms with E-state index in [0.717, 1.165) is 48.3 Å². The molecule has 3 saturated heterocycles. The highest BCUT2D eigenvalue weighted by Crippen LogP contribution is 2.37. The summed E-state index contributed by atoms with van der Waals surface area (Å²) < 4.78 is 39.9. The van der Waals surface area contributed by atoms with Crippen LogP contribution in [0, 0.1) is 6.92 Å². The first-order chi connectivity index (χ1) is 13.4. The number of anilines is 1. The van der Waals surface area contributed by atoms with Crippen molar-refractivity contribution in [2.24, 2.45) is 0 Å². The fourth-order valence-electron chi connectivity index (χ4n) is 4.35. The summed E-state index contributed by atoms with van der Waals surface area (Å²) in [5.74, 6) is 1.06. The second-order valence-electron chi connectivity index (χ2n) is 7.55. The van der Waals surface area contributed by atoms with Crippen molar-refractivity contribution >= 4 is 11.5 Å². The Kier molecular flexibility index (Phi) is 3.84. The minimum Gasteiger partial charge on any atom is -0.348 e. The number of piperazine rings is 1. The van der Waals surface area contributed by atoms with Gasteiger partial charge < -0.3 is 4.90 Å². The van der Waals surface area contributed by atoms with Crippen LogP contribution in [0.1, 0.15) is 23.4 Å². The molecule has 146 valence electrons. The van der Waals surface area contributed by atoms with Crippen molar-refractivity contribution in [3.05, 3.63) is 53.6 Å². The Morgan fingerprint density at radius 3 is 2.61 bits per heavy atom. The second kappa shape index (κ2) is 6.16. The maximum absolute atomic E-state index is 12.7. The minimum atomic E-state index is -4.40. The van der Waals surface area contributed by atoms with E-state index in [1.807, 2.05) is 17.5 Å². The third-order valence-corrected chi connectivity index (χ3v) is 5.52. The Bertz CT molecular complexity index is 1000. The molecule has 0 amide bonds. The zero-order valence-corrected chi connectivity index (χ0v) is 15.3. The van der Waals surface area contributed by atoms with Gasteiger partial charge in [0.05, 0.1) is 6.20 Å². The van der Waals surface area contributed by atoms with E-state index in [0.29, 0.717) is 18.6 Å². The fourth-order valence-corrected chi connectivity index (χ4v) is 4.35. The van der Waals surface area contributed by atoms with E-state index in [4.69, 9.17) is 0 Å². The first-order valence-electron chi connectivity index (χ1n) is 9.23. The Morgan fingerprint density at radius 1 is 1.14 bits per heavy atom. The van der Waals surface area contributed by atoms with Crippen molar-refractivity contribution in [1.82, 2.24) is 24.5 Å². The molecule has 28 heavy (non-hydrogen) atoms. The minimum absolute atomic E-state index is 0.371. The van der Waals surface area contributed by atoms with Gasteiger partial charge in [0.1, 0.15) is 11.5 Å². The summed E-state index contributed by atoms with van der Waals surface area (Å²) in [5, 5.41) is 4.40. The molecule has 3 aromatic heterocycles. The number of alkyl halides is 3. The van der Waals surface area contributed by atoms with Crippen molar-refractivity contribution in [2.45, 2.75) is 38.1 Å². The average molecular weight is 388 g/mol. The zero-order chi connectivity index (χ0) is 19.5. The lowest BCUT2D eigenvalue weighted by Gasteiger charge is -2.57. The van der Waals surface area contributed by atoms with Crippen molar-refractivity contribution in [1.29, 1.82) is 0 Å². The largest absolute Gasteiger partial charge is 0.433 e. The first kappa shape index (κ1) is 17.4. The van der Waals surface area contributed by atoms with Crippen molar-refractivity contribution in [2.75, 3.05) is 18.0 Å². The normalized spacial score (nSPS) is 22.5. The van der Waals surface area contributed by atoms with Gasteiger partial charge >= 0.3 is 6.18 Å². The van der Waals surface area contributed by atoms with Gasteiger partial charge in [0.2, 0.25) is 0 Å². The van der Waals surface area contributed by atoms with Gasteiger partial charge in [-0.3, -0.25) is 9.88 Å². The van der Waals surface area contributed by atoms with Crippen LogP contribution in [0.15, 0.2) is 36.7 Å². The molecule has 2 bridgehead atoms. The van der Waals surface area contributed by atoms with Gasteiger partial charge in [0.25, 0.3) is 0 Å². The molecule has 0 aliphatic carbocycles. The number of fused-ring (bicyclic) bond motifs is 3. The standard InChI is InChI=1S/C19H19F3N6/c1-12-6-18(28-17(25-12)4-5-24-28)27-14-7-15(27)11-26(10-14)9-13-2-3-16(23-8-13)19(20,21)22/h2-6,8,14-15H,7,9-11H2,1H3. The van der Waals surface area contributed by atoms with Crippen molar-refractivity contribution in [3.8, 4) is 0 Å². The molecule has 0 saturated carbocycles. The molecule has 3 fully saturated rings. The number of pyridine rings is 1. The third kappa shape index (κ3) is 2.90. The maximum Gasteiger partial charge on any atom is 0.433 e. The zero-order valence-electron chi connectivity index (χ0n) is 15.3. The van der Waals surface area contributed by atoms with E-state index < -0.39 is 11.9 Å². The van der Waals surface area contributed by atoms with E-state index in [9.17, 15) is 13.2 Å². The summed E-state index contributed by atoms with van der Waals surface area (Å²) in [5.41, 5.74) is 1.75. The summed E-state index contributed by atoms with van der Waals surface area (Å²) >= 11 is 0. The quantitative estimate of drug-likeness (QED) is 0.691. The molecule has 6 rings (SSSR count). The van der Waals surface area contributed by atoms with Gasteiger partial charge in [0, 0.05) is 55.7 Å². The van der Waals surface area contributed by atoms with Crippen LogP contribution in [-0.4, -0.2) is 49.7 Å². The van der Waals surface area contributed by atoms with Crippen LogP contribution in [0.4, 0.5) is 19.0 Å². The number of hydrogen-bond donors (Lipinski definition) is 0. The number of aromatic nitrogens is 4.